The molecule has 2 atom stereocenters. The standard InChI is InChI=1S/C5H12N2/c1-5(2)7-4-6(7)3/h5H,4H2,1-3H3. The highest BCUT2D eigenvalue weighted by atomic mass is 15.8. The van der Waals surface area contributed by atoms with Gasteiger partial charge in [0.15, 0.2) is 0 Å². The van der Waals surface area contributed by atoms with Crippen molar-refractivity contribution >= 4 is 0 Å². The summed E-state index contributed by atoms with van der Waals surface area (Å²) in [7, 11) is 2.10. The second kappa shape index (κ2) is 1.46. The van der Waals surface area contributed by atoms with E-state index in [1.807, 2.05) is 0 Å². The van der Waals surface area contributed by atoms with Crippen LogP contribution in [0.4, 0.5) is 0 Å². The van der Waals surface area contributed by atoms with Crippen molar-refractivity contribution < 1.29 is 0 Å². The third-order valence-electron chi connectivity index (χ3n) is 1.30. The van der Waals surface area contributed by atoms with Crippen LogP contribution >= 0.6 is 0 Å². The van der Waals surface area contributed by atoms with E-state index >= 15 is 0 Å². The molecule has 0 bridgehead atoms. The van der Waals surface area contributed by atoms with Crippen LogP contribution < -0.4 is 0 Å². The Morgan fingerprint density at radius 1 is 1.43 bits per heavy atom. The average Bonchev–Trinajstić information content (AvgIpc) is 2.17. The van der Waals surface area contributed by atoms with Crippen LogP contribution in [-0.4, -0.2) is 29.8 Å². The van der Waals surface area contributed by atoms with Crippen LogP contribution in [-0.2, 0) is 0 Å². The van der Waals surface area contributed by atoms with Crippen LogP contribution in [0.25, 0.3) is 0 Å². The molecule has 1 aliphatic rings. The Balaban J connectivity index is 2.20. The summed E-state index contributed by atoms with van der Waals surface area (Å²) in [5.41, 5.74) is 0. The topological polar surface area (TPSA) is 6.02 Å². The van der Waals surface area contributed by atoms with E-state index < -0.39 is 0 Å². The maximum atomic E-state index is 2.29. The van der Waals surface area contributed by atoms with Crippen LogP contribution in [0.3, 0.4) is 0 Å². The van der Waals surface area contributed by atoms with Crippen LogP contribution in [0.2, 0.25) is 0 Å². The quantitative estimate of drug-likeness (QED) is 0.443. The predicted molar refractivity (Wildman–Crippen MR) is 29.6 cm³/mol. The first kappa shape index (κ1) is 5.06. The van der Waals surface area contributed by atoms with Gasteiger partial charge < -0.3 is 0 Å². The van der Waals surface area contributed by atoms with Crippen molar-refractivity contribution in [3.05, 3.63) is 0 Å². The van der Waals surface area contributed by atoms with E-state index in [1.165, 1.54) is 0 Å². The Kier molecular flexibility index (Phi) is 1.05. The number of hydrogen-bond acceptors (Lipinski definition) is 2. The van der Waals surface area contributed by atoms with Crippen LogP contribution in [0.1, 0.15) is 13.8 Å². The minimum Gasteiger partial charge on any atom is -0.228 e. The number of nitrogens with zero attached hydrogens (tertiary/aromatic N) is 2. The molecule has 2 nitrogen and oxygen atoms in total. The zero-order chi connectivity index (χ0) is 5.44. The molecule has 7 heavy (non-hydrogen) atoms. The van der Waals surface area contributed by atoms with E-state index in [1.54, 1.807) is 0 Å². The molecule has 0 amide bonds. The molecule has 1 saturated heterocycles. The summed E-state index contributed by atoms with van der Waals surface area (Å²) in [5, 5.41) is 4.49. The average molecular weight is 100 g/mol. The van der Waals surface area contributed by atoms with E-state index in [-0.39, 0.29) is 0 Å². The van der Waals surface area contributed by atoms with Crippen molar-refractivity contribution in [2.45, 2.75) is 19.9 Å². The highest BCUT2D eigenvalue weighted by Crippen LogP contribution is 2.14. The van der Waals surface area contributed by atoms with Gasteiger partial charge in [0.05, 0.1) is 6.67 Å². The second-order valence-electron chi connectivity index (χ2n) is 2.33. The lowest BCUT2D eigenvalue weighted by atomic mass is 10.4. The summed E-state index contributed by atoms with van der Waals surface area (Å²) in [6.07, 6.45) is 0. The normalized spacial score (nSPS) is 39.4. The molecule has 0 aliphatic carbocycles. The fourth-order valence-electron chi connectivity index (χ4n) is 0.739. The van der Waals surface area contributed by atoms with Gasteiger partial charge in [-0.2, -0.15) is 0 Å². The van der Waals surface area contributed by atoms with Gasteiger partial charge in [-0.15, -0.1) is 0 Å². The smallest absolute Gasteiger partial charge is 0.0787 e. The van der Waals surface area contributed by atoms with Gasteiger partial charge in [0, 0.05) is 13.1 Å². The van der Waals surface area contributed by atoms with Gasteiger partial charge in [-0.3, -0.25) is 0 Å². The molecule has 1 fully saturated rings. The zero-order valence-corrected chi connectivity index (χ0v) is 5.18. The van der Waals surface area contributed by atoms with E-state index in [0.717, 1.165) is 6.67 Å². The fraction of sp³-hybridized carbons (Fsp3) is 1.00. The molecular formula is C5H12N2. The van der Waals surface area contributed by atoms with Gasteiger partial charge in [0.25, 0.3) is 0 Å². The van der Waals surface area contributed by atoms with E-state index in [9.17, 15) is 0 Å². The van der Waals surface area contributed by atoms with Gasteiger partial charge >= 0.3 is 0 Å². The van der Waals surface area contributed by atoms with Crippen molar-refractivity contribution in [3.8, 4) is 0 Å². The molecule has 0 saturated carbocycles. The monoisotopic (exact) mass is 100 g/mol. The fourth-order valence-corrected chi connectivity index (χ4v) is 0.739. The Morgan fingerprint density at radius 3 is 1.86 bits per heavy atom. The van der Waals surface area contributed by atoms with Crippen LogP contribution in [0.15, 0.2) is 0 Å². The first-order valence-electron chi connectivity index (χ1n) is 2.69. The third-order valence-corrected chi connectivity index (χ3v) is 1.30. The maximum Gasteiger partial charge on any atom is 0.0787 e. The molecule has 0 N–H and O–H groups in total. The van der Waals surface area contributed by atoms with Crippen LogP contribution in [0.5, 0.6) is 0 Å². The highest BCUT2D eigenvalue weighted by Gasteiger charge is 2.28. The summed E-state index contributed by atoms with van der Waals surface area (Å²) in [5.74, 6) is 0. The Hall–Kier alpha value is -0.0800. The maximum absolute atomic E-state index is 2.29. The van der Waals surface area contributed by atoms with E-state index in [2.05, 4.69) is 30.9 Å². The Morgan fingerprint density at radius 2 is 1.86 bits per heavy atom. The summed E-state index contributed by atoms with van der Waals surface area (Å²) in [4.78, 5) is 0. The summed E-state index contributed by atoms with van der Waals surface area (Å²) in [6.45, 7) is 5.55. The predicted octanol–water partition coefficient (Wildman–Crippen LogP) is 0.515. The molecule has 2 heteroatoms. The lowest BCUT2D eigenvalue weighted by Crippen LogP contribution is -2.12. The van der Waals surface area contributed by atoms with Crippen molar-refractivity contribution in [2.75, 3.05) is 13.7 Å². The van der Waals surface area contributed by atoms with Crippen molar-refractivity contribution in [2.24, 2.45) is 0 Å². The van der Waals surface area contributed by atoms with Gasteiger partial charge in [0.2, 0.25) is 0 Å². The molecular weight excluding hydrogens is 88.1 g/mol. The number of rotatable bonds is 1. The summed E-state index contributed by atoms with van der Waals surface area (Å²) >= 11 is 0. The van der Waals surface area contributed by atoms with Gasteiger partial charge in [-0.05, 0) is 13.8 Å². The first-order valence-corrected chi connectivity index (χ1v) is 2.69. The Labute approximate surface area is 44.7 Å². The molecule has 1 aliphatic heterocycles. The van der Waals surface area contributed by atoms with Gasteiger partial charge in [-0.25, -0.2) is 10.0 Å². The number of hydrogen-bond donors (Lipinski definition) is 0. The van der Waals surface area contributed by atoms with E-state index in [4.69, 9.17) is 0 Å². The third kappa shape index (κ3) is 0.924. The molecule has 0 aromatic rings. The SMILES string of the molecule is CC(C)N1CN1C. The Bertz CT molecular complexity index is 70.5. The molecule has 1 heterocycles. The zero-order valence-electron chi connectivity index (χ0n) is 5.18. The van der Waals surface area contributed by atoms with Crippen molar-refractivity contribution in [1.82, 2.24) is 10.0 Å². The molecule has 0 aromatic heterocycles. The van der Waals surface area contributed by atoms with Gasteiger partial charge in [-0.1, -0.05) is 0 Å². The molecule has 1 rings (SSSR count). The minimum absolute atomic E-state index is 0.699. The first-order chi connectivity index (χ1) is 3.22. The lowest BCUT2D eigenvalue weighted by Gasteiger charge is -2.01. The summed E-state index contributed by atoms with van der Waals surface area (Å²) in [6, 6.07) is 0.699. The largest absolute Gasteiger partial charge is 0.228 e. The van der Waals surface area contributed by atoms with Gasteiger partial charge in [0.1, 0.15) is 0 Å². The minimum atomic E-state index is 0.699. The lowest BCUT2D eigenvalue weighted by molar-refractivity contribution is 0.297. The van der Waals surface area contributed by atoms with Crippen molar-refractivity contribution in [1.29, 1.82) is 0 Å². The second-order valence-corrected chi connectivity index (χ2v) is 2.33. The molecule has 42 valence electrons. The summed E-state index contributed by atoms with van der Waals surface area (Å²) < 4.78 is 0. The van der Waals surface area contributed by atoms with Crippen LogP contribution in [0, 0.1) is 0 Å². The molecule has 0 spiro atoms. The highest BCUT2D eigenvalue weighted by molar-refractivity contribution is 4.67. The molecule has 2 unspecified atom stereocenters. The van der Waals surface area contributed by atoms with E-state index in [0.29, 0.717) is 6.04 Å². The number of hydrazine groups is 1. The molecule has 0 radical (unpaired) electrons. The van der Waals surface area contributed by atoms with Crippen molar-refractivity contribution in [3.63, 3.8) is 0 Å². The molecule has 0 aromatic carbocycles.